The molecule has 0 aromatic heterocycles. The van der Waals surface area contributed by atoms with E-state index < -0.39 is 0 Å². The van der Waals surface area contributed by atoms with Crippen molar-refractivity contribution in [3.63, 3.8) is 0 Å². The number of carbonyl (C=O) groups is 1. The molecule has 2 fully saturated rings. The number of nitrogens with zero attached hydrogens (tertiary/aromatic N) is 1. The summed E-state index contributed by atoms with van der Waals surface area (Å²) in [5, 5.41) is 1.58. The second kappa shape index (κ2) is 4.33. The first-order valence-corrected chi connectivity index (χ1v) is 6.05. The molecular weight excluding hydrogens is 186 g/mol. The van der Waals surface area contributed by atoms with Crippen molar-refractivity contribution in [2.75, 3.05) is 24.7 Å². The third kappa shape index (κ3) is 2.17. The molecule has 0 N–H and O–H groups in total. The standard InChI is InChI=1S/C9H15NO2S/c11-9(8-3-6-13-7-8)10-4-1-2-5-12-10/h8H,1-7H2. The van der Waals surface area contributed by atoms with Crippen LogP contribution in [0.2, 0.25) is 0 Å². The van der Waals surface area contributed by atoms with Gasteiger partial charge in [-0.1, -0.05) is 0 Å². The number of thioether (sulfide) groups is 1. The summed E-state index contributed by atoms with van der Waals surface area (Å²) in [6, 6.07) is 0. The van der Waals surface area contributed by atoms with Gasteiger partial charge in [-0.05, 0) is 25.0 Å². The topological polar surface area (TPSA) is 29.5 Å². The number of hydrogen-bond acceptors (Lipinski definition) is 3. The van der Waals surface area contributed by atoms with E-state index in [1.807, 2.05) is 11.8 Å². The van der Waals surface area contributed by atoms with Gasteiger partial charge >= 0.3 is 0 Å². The van der Waals surface area contributed by atoms with Gasteiger partial charge in [-0.25, -0.2) is 5.06 Å². The van der Waals surface area contributed by atoms with Crippen molar-refractivity contribution in [3.05, 3.63) is 0 Å². The lowest BCUT2D eigenvalue weighted by Gasteiger charge is -2.27. The SMILES string of the molecule is O=C(C1CCSC1)N1CCCCO1. The number of rotatable bonds is 1. The highest BCUT2D eigenvalue weighted by molar-refractivity contribution is 7.99. The molecule has 0 radical (unpaired) electrons. The zero-order valence-corrected chi connectivity index (χ0v) is 8.52. The average Bonchev–Trinajstić information content (AvgIpc) is 2.71. The van der Waals surface area contributed by atoms with Crippen LogP contribution in [0.15, 0.2) is 0 Å². The summed E-state index contributed by atoms with van der Waals surface area (Å²) >= 11 is 1.87. The van der Waals surface area contributed by atoms with Crippen LogP contribution in [0.3, 0.4) is 0 Å². The Morgan fingerprint density at radius 2 is 2.38 bits per heavy atom. The summed E-state index contributed by atoms with van der Waals surface area (Å²) in [4.78, 5) is 17.1. The minimum atomic E-state index is 0.213. The normalized spacial score (nSPS) is 29.2. The van der Waals surface area contributed by atoms with Crippen molar-refractivity contribution in [3.8, 4) is 0 Å². The van der Waals surface area contributed by atoms with Crippen molar-refractivity contribution in [2.24, 2.45) is 5.92 Å². The summed E-state index contributed by atoms with van der Waals surface area (Å²) in [6.07, 6.45) is 3.21. The number of amides is 1. The highest BCUT2D eigenvalue weighted by atomic mass is 32.2. The first-order chi connectivity index (χ1) is 6.38. The van der Waals surface area contributed by atoms with Crippen molar-refractivity contribution in [1.82, 2.24) is 5.06 Å². The summed E-state index contributed by atoms with van der Waals surface area (Å²) in [7, 11) is 0. The molecule has 2 aliphatic heterocycles. The van der Waals surface area contributed by atoms with E-state index in [9.17, 15) is 4.79 Å². The Labute approximate surface area is 82.8 Å². The van der Waals surface area contributed by atoms with Crippen molar-refractivity contribution >= 4 is 17.7 Å². The van der Waals surface area contributed by atoms with Gasteiger partial charge in [0.25, 0.3) is 0 Å². The largest absolute Gasteiger partial charge is 0.272 e. The van der Waals surface area contributed by atoms with Crippen molar-refractivity contribution in [1.29, 1.82) is 0 Å². The van der Waals surface area contributed by atoms with Crippen LogP contribution in [-0.4, -0.2) is 35.6 Å². The zero-order valence-electron chi connectivity index (χ0n) is 7.70. The van der Waals surface area contributed by atoms with Crippen LogP contribution in [0.4, 0.5) is 0 Å². The molecule has 4 heteroatoms. The number of hydrogen-bond donors (Lipinski definition) is 0. The first-order valence-electron chi connectivity index (χ1n) is 4.90. The van der Waals surface area contributed by atoms with Crippen molar-refractivity contribution in [2.45, 2.75) is 19.3 Å². The van der Waals surface area contributed by atoms with Gasteiger partial charge in [-0.15, -0.1) is 0 Å². The molecule has 0 aromatic rings. The Balaban J connectivity index is 1.87. The molecule has 13 heavy (non-hydrogen) atoms. The van der Waals surface area contributed by atoms with E-state index in [2.05, 4.69) is 0 Å². The van der Waals surface area contributed by atoms with E-state index in [1.54, 1.807) is 5.06 Å². The van der Waals surface area contributed by atoms with E-state index in [0.29, 0.717) is 6.61 Å². The third-order valence-corrected chi connectivity index (χ3v) is 3.69. The van der Waals surface area contributed by atoms with Gasteiger partial charge in [-0.3, -0.25) is 9.63 Å². The van der Waals surface area contributed by atoms with Crippen LogP contribution < -0.4 is 0 Å². The second-order valence-corrected chi connectivity index (χ2v) is 4.69. The maximum atomic E-state index is 11.8. The van der Waals surface area contributed by atoms with E-state index in [0.717, 1.165) is 37.3 Å². The Hall–Kier alpha value is -0.220. The van der Waals surface area contributed by atoms with Gasteiger partial charge in [0.05, 0.1) is 12.5 Å². The van der Waals surface area contributed by atoms with Gasteiger partial charge in [0.15, 0.2) is 0 Å². The molecule has 2 rings (SSSR count). The minimum Gasteiger partial charge on any atom is -0.272 e. The van der Waals surface area contributed by atoms with E-state index >= 15 is 0 Å². The summed E-state index contributed by atoms with van der Waals surface area (Å²) in [5.74, 6) is 2.55. The molecule has 0 spiro atoms. The lowest BCUT2D eigenvalue weighted by atomic mass is 10.1. The maximum absolute atomic E-state index is 11.8. The molecule has 0 aromatic carbocycles. The molecule has 1 atom stereocenters. The number of hydroxylamine groups is 2. The maximum Gasteiger partial charge on any atom is 0.250 e. The highest BCUT2D eigenvalue weighted by Crippen LogP contribution is 2.25. The fourth-order valence-electron chi connectivity index (χ4n) is 1.70. The summed E-state index contributed by atoms with van der Waals surface area (Å²) < 4.78 is 0. The fourth-order valence-corrected chi connectivity index (χ4v) is 2.92. The summed E-state index contributed by atoms with van der Waals surface area (Å²) in [6.45, 7) is 1.51. The van der Waals surface area contributed by atoms with Crippen LogP contribution in [0, 0.1) is 5.92 Å². The Kier molecular flexibility index (Phi) is 3.11. The predicted molar refractivity (Wildman–Crippen MR) is 52.3 cm³/mol. The first kappa shape index (κ1) is 9.34. The van der Waals surface area contributed by atoms with Gasteiger partial charge in [0.1, 0.15) is 0 Å². The van der Waals surface area contributed by atoms with Crippen LogP contribution >= 0.6 is 11.8 Å². The quantitative estimate of drug-likeness (QED) is 0.640. The Morgan fingerprint density at radius 1 is 1.46 bits per heavy atom. The summed E-state index contributed by atoms with van der Waals surface area (Å²) in [5.41, 5.74) is 0. The van der Waals surface area contributed by atoms with Gasteiger partial charge < -0.3 is 0 Å². The molecule has 3 nitrogen and oxygen atoms in total. The molecule has 2 aliphatic rings. The van der Waals surface area contributed by atoms with Gasteiger partial charge in [0.2, 0.25) is 5.91 Å². The molecular formula is C9H15NO2S. The fraction of sp³-hybridized carbons (Fsp3) is 0.889. The van der Waals surface area contributed by atoms with Gasteiger partial charge in [-0.2, -0.15) is 11.8 Å². The number of carbonyl (C=O) groups excluding carboxylic acids is 1. The lowest BCUT2D eigenvalue weighted by molar-refractivity contribution is -0.200. The molecule has 0 aliphatic carbocycles. The second-order valence-electron chi connectivity index (χ2n) is 3.54. The molecule has 1 unspecified atom stereocenters. The van der Waals surface area contributed by atoms with Crippen LogP contribution in [0.25, 0.3) is 0 Å². The smallest absolute Gasteiger partial charge is 0.250 e. The molecule has 0 bridgehead atoms. The van der Waals surface area contributed by atoms with E-state index in [1.165, 1.54) is 0 Å². The van der Waals surface area contributed by atoms with Gasteiger partial charge in [0, 0.05) is 12.3 Å². The molecule has 0 saturated carbocycles. The average molecular weight is 201 g/mol. The molecule has 2 heterocycles. The zero-order chi connectivity index (χ0) is 9.10. The Morgan fingerprint density at radius 3 is 3.00 bits per heavy atom. The van der Waals surface area contributed by atoms with E-state index in [-0.39, 0.29) is 11.8 Å². The highest BCUT2D eigenvalue weighted by Gasteiger charge is 2.29. The van der Waals surface area contributed by atoms with Crippen LogP contribution in [0.5, 0.6) is 0 Å². The lowest BCUT2D eigenvalue weighted by Crippen LogP contribution is -2.39. The molecule has 74 valence electrons. The molecule has 1 amide bonds. The van der Waals surface area contributed by atoms with Crippen LogP contribution in [0.1, 0.15) is 19.3 Å². The van der Waals surface area contributed by atoms with E-state index in [4.69, 9.17) is 4.84 Å². The Bertz CT molecular complexity index is 186. The third-order valence-electron chi connectivity index (χ3n) is 2.53. The minimum absolute atomic E-state index is 0.213. The van der Waals surface area contributed by atoms with Crippen molar-refractivity contribution < 1.29 is 9.63 Å². The van der Waals surface area contributed by atoms with Crippen LogP contribution in [-0.2, 0) is 9.63 Å². The molecule has 2 saturated heterocycles. The monoisotopic (exact) mass is 201 g/mol. The predicted octanol–water partition coefficient (Wildman–Crippen LogP) is 1.29.